The third kappa shape index (κ3) is 1.00. The Labute approximate surface area is 64.8 Å². The van der Waals surface area contributed by atoms with Crippen molar-refractivity contribution in [1.82, 2.24) is 5.16 Å². The lowest BCUT2D eigenvalue weighted by atomic mass is 10.1. The quantitative estimate of drug-likeness (QED) is 0.619. The van der Waals surface area contributed by atoms with Crippen LogP contribution < -0.4 is 0 Å². The highest BCUT2D eigenvalue weighted by molar-refractivity contribution is 5.77. The van der Waals surface area contributed by atoms with Crippen LogP contribution in [0.15, 0.2) is 29.0 Å². The lowest BCUT2D eigenvalue weighted by molar-refractivity contribution is 0.428. The Bertz CT molecular complexity index is 364. The van der Waals surface area contributed by atoms with Gasteiger partial charge in [-0.2, -0.15) is 0 Å². The van der Waals surface area contributed by atoms with E-state index >= 15 is 0 Å². The van der Waals surface area contributed by atoms with Crippen molar-refractivity contribution in [2.75, 3.05) is 0 Å². The summed E-state index contributed by atoms with van der Waals surface area (Å²) >= 11 is 0. The first-order valence-corrected chi connectivity index (χ1v) is 3.73. The Morgan fingerprint density at radius 1 is 1.45 bits per heavy atom. The molecule has 2 nitrogen and oxygen atoms in total. The molecule has 0 bridgehead atoms. The predicted molar refractivity (Wildman–Crippen MR) is 43.4 cm³/mol. The molecule has 56 valence electrons. The minimum atomic E-state index is 0.948. The van der Waals surface area contributed by atoms with Gasteiger partial charge in [-0.15, -0.1) is 0 Å². The minimum absolute atomic E-state index is 0.948. The molecule has 0 saturated heterocycles. The first kappa shape index (κ1) is 6.40. The second-order valence-corrected chi connectivity index (χ2v) is 2.56. The largest absolute Gasteiger partial charge is 0.364 e. The van der Waals surface area contributed by atoms with E-state index in [1.54, 1.807) is 6.26 Å². The Morgan fingerprint density at radius 2 is 2.36 bits per heavy atom. The van der Waals surface area contributed by atoms with Crippen LogP contribution in [0.5, 0.6) is 0 Å². The number of nitrogens with zero attached hydrogens (tertiary/aromatic N) is 1. The summed E-state index contributed by atoms with van der Waals surface area (Å²) in [4.78, 5) is 0. The van der Waals surface area contributed by atoms with Crippen LogP contribution in [0.25, 0.3) is 10.9 Å². The van der Waals surface area contributed by atoms with Crippen LogP contribution in [0.1, 0.15) is 12.5 Å². The summed E-state index contributed by atoms with van der Waals surface area (Å²) in [6, 6.07) is 6.18. The normalized spacial score (nSPS) is 10.6. The molecule has 0 aliphatic carbocycles. The fraction of sp³-hybridized carbons (Fsp3) is 0.222. The molecular weight excluding hydrogens is 138 g/mol. The molecular formula is C9H9NO. The molecule has 0 spiro atoms. The lowest BCUT2D eigenvalue weighted by Crippen LogP contribution is -1.77. The molecule has 0 fully saturated rings. The fourth-order valence-corrected chi connectivity index (χ4v) is 1.13. The van der Waals surface area contributed by atoms with Crippen LogP contribution >= 0.6 is 0 Å². The Kier molecular flexibility index (Phi) is 1.39. The van der Waals surface area contributed by atoms with E-state index in [0.29, 0.717) is 0 Å². The summed E-state index contributed by atoms with van der Waals surface area (Å²) in [6.45, 7) is 2.13. The highest BCUT2D eigenvalue weighted by Gasteiger charge is 1.97. The number of benzene rings is 1. The molecule has 1 aromatic heterocycles. The molecule has 2 heteroatoms. The van der Waals surface area contributed by atoms with Gasteiger partial charge >= 0.3 is 0 Å². The predicted octanol–water partition coefficient (Wildman–Crippen LogP) is 2.39. The van der Waals surface area contributed by atoms with Crippen LogP contribution in [0.4, 0.5) is 0 Å². The van der Waals surface area contributed by atoms with Crippen molar-refractivity contribution in [3.8, 4) is 0 Å². The highest BCUT2D eigenvalue weighted by atomic mass is 16.5. The Hall–Kier alpha value is -1.31. The first-order chi connectivity index (χ1) is 5.40. The minimum Gasteiger partial charge on any atom is -0.364 e. The molecule has 2 aromatic rings. The molecule has 1 aromatic carbocycles. The Balaban J connectivity index is 2.67. The van der Waals surface area contributed by atoms with E-state index in [0.717, 1.165) is 17.3 Å². The van der Waals surface area contributed by atoms with E-state index in [-0.39, 0.29) is 0 Å². The van der Waals surface area contributed by atoms with Crippen molar-refractivity contribution >= 4 is 10.9 Å². The summed E-state index contributed by atoms with van der Waals surface area (Å²) in [6.07, 6.45) is 2.71. The second kappa shape index (κ2) is 2.38. The molecule has 0 atom stereocenters. The van der Waals surface area contributed by atoms with Gasteiger partial charge in [0.2, 0.25) is 0 Å². The zero-order chi connectivity index (χ0) is 7.68. The van der Waals surface area contributed by atoms with Gasteiger partial charge in [-0.3, -0.25) is 0 Å². The van der Waals surface area contributed by atoms with Gasteiger partial charge in [0, 0.05) is 5.39 Å². The second-order valence-electron chi connectivity index (χ2n) is 2.56. The summed E-state index contributed by atoms with van der Waals surface area (Å²) in [5, 5.41) is 4.92. The summed E-state index contributed by atoms with van der Waals surface area (Å²) in [5.41, 5.74) is 2.25. The van der Waals surface area contributed by atoms with Gasteiger partial charge in [0.05, 0.1) is 0 Å². The number of aromatic nitrogens is 1. The SMILES string of the molecule is CCc1ccc2conc2c1. The average Bonchev–Trinajstić information content (AvgIpc) is 2.50. The number of rotatable bonds is 1. The topological polar surface area (TPSA) is 26.0 Å². The van der Waals surface area contributed by atoms with Crippen molar-refractivity contribution in [3.63, 3.8) is 0 Å². The summed E-state index contributed by atoms with van der Waals surface area (Å²) in [7, 11) is 0. The van der Waals surface area contributed by atoms with Crippen LogP contribution in [0.2, 0.25) is 0 Å². The van der Waals surface area contributed by atoms with Gasteiger partial charge in [-0.1, -0.05) is 18.1 Å². The molecule has 0 aliphatic heterocycles. The van der Waals surface area contributed by atoms with Crippen LogP contribution in [0.3, 0.4) is 0 Å². The van der Waals surface area contributed by atoms with E-state index in [1.165, 1.54) is 5.56 Å². The monoisotopic (exact) mass is 147 g/mol. The first-order valence-electron chi connectivity index (χ1n) is 3.73. The van der Waals surface area contributed by atoms with E-state index in [1.807, 2.05) is 6.07 Å². The van der Waals surface area contributed by atoms with E-state index < -0.39 is 0 Å². The maximum atomic E-state index is 4.81. The van der Waals surface area contributed by atoms with E-state index in [9.17, 15) is 0 Å². The third-order valence-electron chi connectivity index (χ3n) is 1.83. The zero-order valence-electron chi connectivity index (χ0n) is 6.37. The summed E-state index contributed by atoms with van der Waals surface area (Å²) in [5.74, 6) is 0. The van der Waals surface area contributed by atoms with Gasteiger partial charge in [0.15, 0.2) is 0 Å². The van der Waals surface area contributed by atoms with Crippen LogP contribution in [0, 0.1) is 0 Å². The average molecular weight is 147 g/mol. The van der Waals surface area contributed by atoms with Crippen molar-refractivity contribution in [2.45, 2.75) is 13.3 Å². The maximum Gasteiger partial charge on any atom is 0.131 e. The highest BCUT2D eigenvalue weighted by Crippen LogP contribution is 2.13. The molecule has 0 radical (unpaired) electrons. The van der Waals surface area contributed by atoms with Crippen LogP contribution in [-0.4, -0.2) is 5.16 Å². The van der Waals surface area contributed by atoms with Crippen molar-refractivity contribution in [1.29, 1.82) is 0 Å². The molecule has 0 aliphatic rings. The zero-order valence-corrected chi connectivity index (χ0v) is 6.37. The molecule has 11 heavy (non-hydrogen) atoms. The molecule has 0 unspecified atom stereocenters. The fourth-order valence-electron chi connectivity index (χ4n) is 1.13. The van der Waals surface area contributed by atoms with Gasteiger partial charge in [-0.05, 0) is 24.1 Å². The molecule has 2 rings (SSSR count). The molecule has 0 saturated carbocycles. The number of aryl methyl sites for hydroxylation is 1. The third-order valence-corrected chi connectivity index (χ3v) is 1.83. The molecule has 0 amide bonds. The van der Waals surface area contributed by atoms with Crippen molar-refractivity contribution in [3.05, 3.63) is 30.0 Å². The lowest BCUT2D eigenvalue weighted by Gasteiger charge is -1.92. The summed E-state index contributed by atoms with van der Waals surface area (Å²) < 4.78 is 4.81. The number of hydrogen-bond donors (Lipinski definition) is 0. The molecule has 0 N–H and O–H groups in total. The van der Waals surface area contributed by atoms with E-state index in [4.69, 9.17) is 4.52 Å². The number of fused-ring (bicyclic) bond motifs is 1. The van der Waals surface area contributed by atoms with E-state index in [2.05, 4.69) is 24.2 Å². The maximum absolute atomic E-state index is 4.81. The van der Waals surface area contributed by atoms with Gasteiger partial charge in [-0.25, -0.2) is 0 Å². The van der Waals surface area contributed by atoms with Crippen LogP contribution in [-0.2, 0) is 6.42 Å². The number of hydrogen-bond acceptors (Lipinski definition) is 2. The Morgan fingerprint density at radius 3 is 3.18 bits per heavy atom. The standard InChI is InChI=1S/C9H9NO/c1-2-7-3-4-8-6-11-10-9(8)5-7/h3-6H,2H2,1H3. The van der Waals surface area contributed by atoms with Gasteiger partial charge in [0.1, 0.15) is 11.8 Å². The van der Waals surface area contributed by atoms with Gasteiger partial charge in [0.25, 0.3) is 0 Å². The van der Waals surface area contributed by atoms with Crippen molar-refractivity contribution < 1.29 is 4.52 Å². The smallest absolute Gasteiger partial charge is 0.131 e. The molecule has 1 heterocycles. The van der Waals surface area contributed by atoms with Gasteiger partial charge < -0.3 is 4.52 Å². The van der Waals surface area contributed by atoms with Crippen molar-refractivity contribution in [2.24, 2.45) is 0 Å².